The number of aryl methyl sites for hydroxylation is 1. The molecule has 4 heterocycles. The Labute approximate surface area is 198 Å². The number of hydrogen-bond acceptors (Lipinski definition) is 6. The van der Waals surface area contributed by atoms with Gasteiger partial charge in [0.05, 0.1) is 30.6 Å². The molecular weight excluding hydrogens is 469 g/mol. The van der Waals surface area contributed by atoms with E-state index in [1.807, 2.05) is 12.4 Å². The monoisotopic (exact) mass is 494 g/mol. The molecule has 0 unspecified atom stereocenters. The molecule has 5 rings (SSSR count). The highest BCUT2D eigenvalue weighted by molar-refractivity contribution is 7.09. The van der Waals surface area contributed by atoms with Crippen LogP contribution in [0.3, 0.4) is 0 Å². The van der Waals surface area contributed by atoms with Crippen molar-refractivity contribution in [1.82, 2.24) is 19.4 Å². The molecule has 1 N–H and O–H groups in total. The zero-order valence-corrected chi connectivity index (χ0v) is 19.4. The first-order chi connectivity index (χ1) is 16.2. The molecule has 182 valence electrons. The van der Waals surface area contributed by atoms with E-state index in [1.165, 1.54) is 21.8 Å². The normalized spacial score (nSPS) is 17.6. The fourth-order valence-corrected chi connectivity index (χ4v) is 5.02. The van der Waals surface area contributed by atoms with Crippen molar-refractivity contribution in [3.05, 3.63) is 58.4 Å². The van der Waals surface area contributed by atoms with Crippen molar-refractivity contribution >= 4 is 17.3 Å². The third kappa shape index (κ3) is 5.31. The second kappa shape index (κ2) is 9.85. The van der Waals surface area contributed by atoms with E-state index in [0.29, 0.717) is 6.61 Å². The molecule has 11 heteroatoms. The van der Waals surface area contributed by atoms with E-state index in [0.717, 1.165) is 44.9 Å². The van der Waals surface area contributed by atoms with Crippen LogP contribution >= 0.6 is 11.3 Å². The minimum atomic E-state index is -5.08. The number of piperidine rings is 1. The van der Waals surface area contributed by atoms with Crippen molar-refractivity contribution in [2.75, 3.05) is 19.7 Å². The first kappa shape index (κ1) is 24.4. The van der Waals surface area contributed by atoms with Gasteiger partial charge >= 0.3 is 12.1 Å². The first-order valence-electron chi connectivity index (χ1n) is 10.8. The fraction of sp³-hybridized carbons (Fsp3) is 0.435. The van der Waals surface area contributed by atoms with Crippen LogP contribution in [0.25, 0.3) is 11.3 Å². The van der Waals surface area contributed by atoms with Crippen molar-refractivity contribution in [1.29, 1.82) is 0 Å². The Morgan fingerprint density at radius 1 is 1.21 bits per heavy atom. The highest BCUT2D eigenvalue weighted by atomic mass is 32.1. The maximum absolute atomic E-state index is 10.6. The van der Waals surface area contributed by atoms with E-state index >= 15 is 0 Å². The van der Waals surface area contributed by atoms with Gasteiger partial charge in [-0.1, -0.05) is 29.8 Å². The SMILES string of the molecule is Cc1ccc(-c2cnc3n2C2(CCN(Cc4nccs4)CC2)COC3)cc1.O=C(O)C(F)(F)F. The maximum Gasteiger partial charge on any atom is 0.490 e. The van der Waals surface area contributed by atoms with Crippen LogP contribution in [0.5, 0.6) is 0 Å². The summed E-state index contributed by atoms with van der Waals surface area (Å²) in [6, 6.07) is 8.77. The summed E-state index contributed by atoms with van der Waals surface area (Å²) >= 11 is 1.74. The van der Waals surface area contributed by atoms with Crippen molar-refractivity contribution in [3.63, 3.8) is 0 Å². The summed E-state index contributed by atoms with van der Waals surface area (Å²) in [5.74, 6) is -1.70. The summed E-state index contributed by atoms with van der Waals surface area (Å²) in [5, 5.41) is 10.4. The fourth-order valence-electron chi connectivity index (χ4n) is 4.36. The highest BCUT2D eigenvalue weighted by Gasteiger charge is 2.42. The molecule has 0 radical (unpaired) electrons. The molecule has 1 aromatic carbocycles. The second-order valence-electron chi connectivity index (χ2n) is 8.48. The van der Waals surface area contributed by atoms with Gasteiger partial charge in [0.2, 0.25) is 0 Å². The molecular formula is C23H25F3N4O3S. The van der Waals surface area contributed by atoms with Crippen LogP contribution in [0.15, 0.2) is 42.0 Å². The highest BCUT2D eigenvalue weighted by Crippen LogP contribution is 2.39. The molecule has 2 aliphatic heterocycles. The Balaban J connectivity index is 0.000000344. The van der Waals surface area contributed by atoms with Crippen LogP contribution in [-0.4, -0.2) is 56.4 Å². The lowest BCUT2D eigenvalue weighted by Crippen LogP contribution is -2.51. The number of hydrogen-bond donors (Lipinski definition) is 1. The number of carboxylic acid groups (broad SMARTS) is 1. The minimum Gasteiger partial charge on any atom is -0.475 e. The molecule has 1 spiro atoms. The van der Waals surface area contributed by atoms with Gasteiger partial charge in [-0.05, 0) is 25.3 Å². The molecule has 0 atom stereocenters. The Bertz CT molecular complexity index is 1110. The Kier molecular flexibility index (Phi) is 7.06. The molecule has 1 saturated heterocycles. The average molecular weight is 495 g/mol. The topological polar surface area (TPSA) is 80.5 Å². The van der Waals surface area contributed by atoms with Crippen molar-refractivity contribution in [2.45, 2.75) is 44.6 Å². The van der Waals surface area contributed by atoms with E-state index in [-0.39, 0.29) is 5.54 Å². The van der Waals surface area contributed by atoms with Crippen LogP contribution in [0, 0.1) is 6.92 Å². The number of benzene rings is 1. The summed E-state index contributed by atoms with van der Waals surface area (Å²) in [5.41, 5.74) is 3.77. The van der Waals surface area contributed by atoms with E-state index < -0.39 is 12.1 Å². The summed E-state index contributed by atoms with van der Waals surface area (Å²) in [6.07, 6.45) is 1.01. The van der Waals surface area contributed by atoms with E-state index in [2.05, 4.69) is 51.0 Å². The van der Waals surface area contributed by atoms with Crippen LogP contribution in [0.2, 0.25) is 0 Å². The van der Waals surface area contributed by atoms with Gasteiger partial charge in [0.15, 0.2) is 0 Å². The summed E-state index contributed by atoms with van der Waals surface area (Å²) in [7, 11) is 0. The number of imidazole rings is 1. The van der Waals surface area contributed by atoms with Gasteiger partial charge in [0, 0.05) is 24.7 Å². The minimum absolute atomic E-state index is 0.0175. The molecule has 2 aliphatic rings. The molecule has 1 fully saturated rings. The number of aliphatic carboxylic acids is 1. The van der Waals surface area contributed by atoms with Gasteiger partial charge in [-0.2, -0.15) is 13.2 Å². The molecule has 34 heavy (non-hydrogen) atoms. The summed E-state index contributed by atoms with van der Waals surface area (Å²) in [4.78, 5) is 20.6. The number of carbonyl (C=O) groups is 1. The third-order valence-electron chi connectivity index (χ3n) is 6.13. The maximum atomic E-state index is 10.6. The third-order valence-corrected chi connectivity index (χ3v) is 6.89. The van der Waals surface area contributed by atoms with Crippen molar-refractivity contribution in [3.8, 4) is 11.3 Å². The number of halogens is 3. The van der Waals surface area contributed by atoms with Gasteiger partial charge in [-0.15, -0.1) is 11.3 Å². The number of carboxylic acids is 1. The lowest BCUT2D eigenvalue weighted by molar-refractivity contribution is -0.192. The Morgan fingerprint density at radius 3 is 2.47 bits per heavy atom. The quantitative estimate of drug-likeness (QED) is 0.579. The molecule has 3 aromatic rings. The predicted molar refractivity (Wildman–Crippen MR) is 120 cm³/mol. The number of nitrogens with zero attached hydrogens (tertiary/aromatic N) is 4. The van der Waals surface area contributed by atoms with Crippen molar-refractivity contribution in [2.24, 2.45) is 0 Å². The van der Waals surface area contributed by atoms with Gasteiger partial charge in [0.1, 0.15) is 17.4 Å². The van der Waals surface area contributed by atoms with Crippen LogP contribution in [-0.2, 0) is 28.2 Å². The van der Waals surface area contributed by atoms with Crippen LogP contribution < -0.4 is 0 Å². The molecule has 0 amide bonds. The molecule has 7 nitrogen and oxygen atoms in total. The lowest BCUT2D eigenvalue weighted by atomic mass is 9.86. The number of thiazole rings is 1. The second-order valence-corrected chi connectivity index (χ2v) is 9.46. The number of likely N-dealkylation sites (tertiary alicyclic amines) is 1. The van der Waals surface area contributed by atoms with Gasteiger partial charge in [0.25, 0.3) is 0 Å². The largest absolute Gasteiger partial charge is 0.490 e. The average Bonchev–Trinajstić information content (AvgIpc) is 3.47. The molecule has 2 aromatic heterocycles. The number of rotatable bonds is 3. The van der Waals surface area contributed by atoms with Crippen molar-refractivity contribution < 1.29 is 27.8 Å². The molecule has 0 aliphatic carbocycles. The van der Waals surface area contributed by atoms with Gasteiger partial charge in [-0.3, -0.25) is 4.90 Å². The number of aromatic nitrogens is 3. The Morgan fingerprint density at radius 2 is 1.88 bits per heavy atom. The zero-order valence-electron chi connectivity index (χ0n) is 18.6. The number of alkyl halides is 3. The predicted octanol–water partition coefficient (Wildman–Crippen LogP) is 4.47. The smallest absolute Gasteiger partial charge is 0.475 e. The zero-order chi connectivity index (χ0) is 24.3. The van der Waals surface area contributed by atoms with Crippen LogP contribution in [0.4, 0.5) is 13.2 Å². The summed E-state index contributed by atoms with van der Waals surface area (Å²) in [6.45, 7) is 6.60. The van der Waals surface area contributed by atoms with Crippen LogP contribution in [0.1, 0.15) is 29.2 Å². The summed E-state index contributed by atoms with van der Waals surface area (Å²) < 4.78 is 40.2. The Hall–Kier alpha value is -2.76. The van der Waals surface area contributed by atoms with E-state index in [1.54, 1.807) is 11.3 Å². The molecule has 0 bridgehead atoms. The standard InChI is InChI=1S/C21H24N4OS.C2HF3O2/c1-16-2-4-17(5-3-16)18-12-23-19-14-26-15-21(25(18)19)6-9-24(10-7-21)13-20-22-8-11-27-20;3-2(4,5)1(6)7/h2-5,8,11-12H,6-7,9-10,13-15H2,1H3;(H,6,7). The van der Waals surface area contributed by atoms with E-state index in [9.17, 15) is 13.2 Å². The lowest BCUT2D eigenvalue weighted by Gasteiger charge is -2.46. The molecule has 0 saturated carbocycles. The van der Waals surface area contributed by atoms with E-state index in [4.69, 9.17) is 19.6 Å². The van der Waals surface area contributed by atoms with Gasteiger partial charge in [-0.25, -0.2) is 14.8 Å². The first-order valence-corrected chi connectivity index (χ1v) is 11.7. The van der Waals surface area contributed by atoms with Gasteiger partial charge < -0.3 is 14.4 Å². The number of fused-ring (bicyclic) bond motifs is 2. The number of ether oxygens (including phenoxy) is 1.